The lowest BCUT2D eigenvalue weighted by atomic mass is 9.97. The molecule has 1 atom stereocenters. The van der Waals surface area contributed by atoms with Gasteiger partial charge in [0.2, 0.25) is 0 Å². The van der Waals surface area contributed by atoms with Gasteiger partial charge in [-0.25, -0.2) is 4.98 Å². The first kappa shape index (κ1) is 15.7. The third-order valence-corrected chi connectivity index (χ3v) is 3.27. The molecule has 0 unspecified atom stereocenters. The summed E-state index contributed by atoms with van der Waals surface area (Å²) in [6.07, 6.45) is 8.96. The molecule has 0 aliphatic carbocycles. The quantitative estimate of drug-likeness (QED) is 0.636. The van der Waals surface area contributed by atoms with Crippen molar-refractivity contribution in [1.82, 2.24) is 9.55 Å². The zero-order chi connectivity index (χ0) is 14.1. The van der Waals surface area contributed by atoms with Crippen molar-refractivity contribution in [2.75, 3.05) is 6.54 Å². The Morgan fingerprint density at radius 2 is 2.26 bits per heavy atom. The minimum Gasteiger partial charge on any atom is -0.481 e. The molecule has 0 fully saturated rings. The predicted molar refractivity (Wildman–Crippen MR) is 74.9 cm³/mol. The Morgan fingerprint density at radius 3 is 2.89 bits per heavy atom. The largest absolute Gasteiger partial charge is 0.481 e. The highest BCUT2D eigenvalue weighted by Gasteiger charge is 2.18. The monoisotopic (exact) mass is 267 g/mol. The first-order valence-corrected chi connectivity index (χ1v) is 7.10. The van der Waals surface area contributed by atoms with Crippen molar-refractivity contribution in [3.05, 3.63) is 18.2 Å². The molecule has 0 aliphatic heterocycles. The summed E-state index contributed by atoms with van der Waals surface area (Å²) in [5.41, 5.74) is 6.30. The molecule has 5 heteroatoms. The summed E-state index contributed by atoms with van der Waals surface area (Å²) < 4.78 is 2.04. The third-order valence-electron chi connectivity index (χ3n) is 3.27. The molecule has 0 aromatic carbocycles. The summed E-state index contributed by atoms with van der Waals surface area (Å²) >= 11 is 0. The highest BCUT2D eigenvalue weighted by atomic mass is 16.4. The van der Waals surface area contributed by atoms with Crippen LogP contribution in [0.15, 0.2) is 12.5 Å². The summed E-state index contributed by atoms with van der Waals surface area (Å²) in [6.45, 7) is 3.72. The van der Waals surface area contributed by atoms with Crippen LogP contribution in [-0.2, 0) is 17.8 Å². The topological polar surface area (TPSA) is 81.1 Å². The van der Waals surface area contributed by atoms with Crippen molar-refractivity contribution in [2.45, 2.75) is 52.0 Å². The van der Waals surface area contributed by atoms with Crippen LogP contribution in [0.3, 0.4) is 0 Å². The van der Waals surface area contributed by atoms with Crippen molar-refractivity contribution in [1.29, 1.82) is 0 Å². The van der Waals surface area contributed by atoms with Gasteiger partial charge in [0.15, 0.2) is 0 Å². The van der Waals surface area contributed by atoms with Gasteiger partial charge in [0, 0.05) is 19.2 Å². The van der Waals surface area contributed by atoms with Gasteiger partial charge in [-0.2, -0.15) is 0 Å². The molecular weight excluding hydrogens is 242 g/mol. The fourth-order valence-electron chi connectivity index (χ4n) is 2.08. The lowest BCUT2D eigenvalue weighted by molar-refractivity contribution is -0.142. The molecule has 0 spiro atoms. The number of aromatic nitrogens is 2. The number of carbonyl (C=O) groups is 1. The van der Waals surface area contributed by atoms with E-state index in [2.05, 4.69) is 11.9 Å². The van der Waals surface area contributed by atoms with Gasteiger partial charge in [-0.1, -0.05) is 19.8 Å². The maximum absolute atomic E-state index is 11.2. The zero-order valence-electron chi connectivity index (χ0n) is 11.7. The maximum Gasteiger partial charge on any atom is 0.306 e. The summed E-state index contributed by atoms with van der Waals surface area (Å²) in [5, 5.41) is 9.22. The van der Waals surface area contributed by atoms with Crippen LogP contribution in [0.2, 0.25) is 0 Å². The first-order chi connectivity index (χ1) is 9.17. The van der Waals surface area contributed by atoms with E-state index in [0.29, 0.717) is 19.4 Å². The van der Waals surface area contributed by atoms with Crippen LogP contribution in [0.4, 0.5) is 0 Å². The Morgan fingerprint density at radius 1 is 1.47 bits per heavy atom. The zero-order valence-corrected chi connectivity index (χ0v) is 11.7. The molecule has 0 radical (unpaired) electrons. The average molecular weight is 267 g/mol. The van der Waals surface area contributed by atoms with Crippen LogP contribution >= 0.6 is 0 Å². The highest BCUT2D eigenvalue weighted by Crippen LogP contribution is 2.15. The Hall–Kier alpha value is -1.36. The van der Waals surface area contributed by atoms with E-state index in [1.807, 2.05) is 10.8 Å². The van der Waals surface area contributed by atoms with E-state index in [4.69, 9.17) is 5.73 Å². The van der Waals surface area contributed by atoms with Gasteiger partial charge < -0.3 is 15.4 Å². The lowest BCUT2D eigenvalue weighted by Crippen LogP contribution is -2.17. The number of carboxylic acid groups (broad SMARTS) is 1. The minimum atomic E-state index is -0.736. The van der Waals surface area contributed by atoms with Crippen molar-refractivity contribution in [3.8, 4) is 0 Å². The van der Waals surface area contributed by atoms with E-state index in [-0.39, 0.29) is 5.92 Å². The van der Waals surface area contributed by atoms with E-state index >= 15 is 0 Å². The van der Waals surface area contributed by atoms with E-state index < -0.39 is 5.97 Å². The summed E-state index contributed by atoms with van der Waals surface area (Å²) in [4.78, 5) is 15.5. The smallest absolute Gasteiger partial charge is 0.306 e. The van der Waals surface area contributed by atoms with Crippen molar-refractivity contribution >= 4 is 5.97 Å². The molecule has 1 heterocycles. The van der Waals surface area contributed by atoms with Crippen LogP contribution in [0, 0.1) is 5.92 Å². The van der Waals surface area contributed by atoms with Crippen molar-refractivity contribution in [3.63, 3.8) is 0 Å². The van der Waals surface area contributed by atoms with E-state index in [1.54, 1.807) is 6.33 Å². The Labute approximate surface area is 114 Å². The molecule has 0 saturated heterocycles. The van der Waals surface area contributed by atoms with Gasteiger partial charge in [-0.15, -0.1) is 0 Å². The normalized spacial score (nSPS) is 12.5. The van der Waals surface area contributed by atoms with Gasteiger partial charge in [-0.3, -0.25) is 4.79 Å². The van der Waals surface area contributed by atoms with Crippen LogP contribution in [0.5, 0.6) is 0 Å². The summed E-state index contributed by atoms with van der Waals surface area (Å²) in [5.74, 6) is -1.08. The number of nitrogens with two attached hydrogens (primary N) is 1. The number of hydrogen-bond acceptors (Lipinski definition) is 3. The van der Waals surface area contributed by atoms with Gasteiger partial charge in [0.05, 0.1) is 17.9 Å². The summed E-state index contributed by atoms with van der Waals surface area (Å²) in [7, 11) is 0. The molecule has 1 aromatic rings. The first-order valence-electron chi connectivity index (χ1n) is 7.10. The fraction of sp³-hybridized carbons (Fsp3) is 0.714. The number of rotatable bonds is 10. The Balaban J connectivity index is 2.48. The molecule has 19 heavy (non-hydrogen) atoms. The van der Waals surface area contributed by atoms with E-state index in [0.717, 1.165) is 37.9 Å². The summed E-state index contributed by atoms with van der Waals surface area (Å²) in [6, 6.07) is 0. The standard InChI is InChI=1S/C14H25N3O2/c1-2-3-8-17-10-13(16-11-17)9-12(14(18)19)6-4-5-7-15/h10-12H,2-9,15H2,1H3,(H,18,19)/t12-/m1/s1. The Kier molecular flexibility index (Phi) is 7.18. The number of carboxylic acids is 1. The SMILES string of the molecule is CCCCn1cnc(C[C@@H](CCCCN)C(=O)O)c1. The molecular formula is C14H25N3O2. The van der Waals surface area contributed by atoms with E-state index in [9.17, 15) is 9.90 Å². The fourth-order valence-corrected chi connectivity index (χ4v) is 2.08. The van der Waals surface area contributed by atoms with Gasteiger partial charge in [0.1, 0.15) is 0 Å². The lowest BCUT2D eigenvalue weighted by Gasteiger charge is -2.10. The van der Waals surface area contributed by atoms with Crippen LogP contribution in [-0.4, -0.2) is 27.2 Å². The highest BCUT2D eigenvalue weighted by molar-refractivity contribution is 5.70. The van der Waals surface area contributed by atoms with Gasteiger partial charge in [0.25, 0.3) is 0 Å². The molecule has 0 amide bonds. The number of imidazole rings is 1. The molecule has 108 valence electrons. The number of aryl methyl sites for hydroxylation is 1. The third kappa shape index (κ3) is 5.87. The molecule has 3 N–H and O–H groups in total. The molecule has 5 nitrogen and oxygen atoms in total. The maximum atomic E-state index is 11.2. The number of aliphatic carboxylic acids is 1. The molecule has 0 aliphatic rings. The second-order valence-electron chi connectivity index (χ2n) is 4.98. The predicted octanol–water partition coefficient (Wildman–Crippen LogP) is 2.06. The van der Waals surface area contributed by atoms with Gasteiger partial charge >= 0.3 is 5.97 Å². The molecule has 0 saturated carbocycles. The van der Waals surface area contributed by atoms with Gasteiger partial charge in [-0.05, 0) is 25.8 Å². The Bertz CT molecular complexity index is 377. The number of nitrogens with zero attached hydrogens (tertiary/aromatic N) is 2. The molecule has 1 aromatic heterocycles. The van der Waals surface area contributed by atoms with Crippen molar-refractivity contribution in [2.24, 2.45) is 11.7 Å². The second kappa shape index (κ2) is 8.69. The minimum absolute atomic E-state index is 0.346. The van der Waals surface area contributed by atoms with Crippen LogP contribution in [0.1, 0.15) is 44.7 Å². The van der Waals surface area contributed by atoms with Crippen molar-refractivity contribution < 1.29 is 9.90 Å². The van der Waals surface area contributed by atoms with Crippen LogP contribution in [0.25, 0.3) is 0 Å². The second-order valence-corrected chi connectivity index (χ2v) is 4.98. The molecule has 0 bridgehead atoms. The number of hydrogen-bond donors (Lipinski definition) is 2. The van der Waals surface area contributed by atoms with E-state index in [1.165, 1.54) is 0 Å². The average Bonchev–Trinajstić information content (AvgIpc) is 2.83. The van der Waals surface area contributed by atoms with Crippen LogP contribution < -0.4 is 5.73 Å². The molecule has 1 rings (SSSR count). The number of unbranched alkanes of at least 4 members (excludes halogenated alkanes) is 2.